The van der Waals surface area contributed by atoms with E-state index in [2.05, 4.69) is 38.0 Å². The summed E-state index contributed by atoms with van der Waals surface area (Å²) in [6.07, 6.45) is 5.39. The van der Waals surface area contributed by atoms with Crippen molar-refractivity contribution in [2.24, 2.45) is 0 Å². The second-order valence-electron chi connectivity index (χ2n) is 4.14. The fourth-order valence-corrected chi connectivity index (χ4v) is 2.21. The van der Waals surface area contributed by atoms with Crippen LogP contribution in [0.5, 0.6) is 0 Å². The molecule has 0 N–H and O–H groups in total. The average molecular weight is 176 g/mol. The third-order valence-corrected chi connectivity index (χ3v) is 2.92. The van der Waals surface area contributed by atoms with E-state index in [1.165, 1.54) is 25.7 Å². The summed E-state index contributed by atoms with van der Waals surface area (Å²) < 4.78 is 0. The van der Waals surface area contributed by atoms with E-state index >= 15 is 0 Å². The van der Waals surface area contributed by atoms with Crippen LogP contribution in [-0.4, -0.2) is 43.0 Å². The Hall–Kier alpha value is 0.517. The maximum absolute atomic E-state index is 4.00. The molecular weight excluding hydrogens is 155 g/mol. The van der Waals surface area contributed by atoms with Crippen LogP contribution in [0.3, 0.4) is 0 Å². The van der Waals surface area contributed by atoms with Crippen molar-refractivity contribution in [2.45, 2.75) is 37.8 Å². The van der Waals surface area contributed by atoms with E-state index < -0.39 is 0 Å². The van der Waals surface area contributed by atoms with Gasteiger partial charge in [-0.3, -0.25) is 7.05 Å². The summed E-state index contributed by atoms with van der Waals surface area (Å²) in [4.78, 5) is 4.47. The number of rotatable bonds is 2. The normalized spacial score (nSPS) is 29.1. The Balaban J connectivity index is 0.00000144. The van der Waals surface area contributed by atoms with E-state index in [0.717, 1.165) is 0 Å². The van der Waals surface area contributed by atoms with Gasteiger partial charge in [-0.05, 0) is 40.0 Å². The third kappa shape index (κ3) is 3.63. The Morgan fingerprint density at radius 1 is 1.00 bits per heavy atom. The zero-order valence-corrected chi connectivity index (χ0v) is 9.58. The Morgan fingerprint density at radius 3 is 1.77 bits per heavy atom. The Labute approximate surface area is 94.8 Å². The fourth-order valence-electron chi connectivity index (χ4n) is 2.21. The van der Waals surface area contributed by atoms with Crippen molar-refractivity contribution in [3.8, 4) is 0 Å². The molecule has 0 heterocycles. The zero-order valence-electron chi connectivity index (χ0n) is 9.58. The molecule has 0 unspecified atom stereocenters. The molecule has 0 amide bonds. The molecule has 0 aliphatic heterocycles. The van der Waals surface area contributed by atoms with Gasteiger partial charge >= 0.3 is 18.9 Å². The summed E-state index contributed by atoms with van der Waals surface area (Å²) in [5.41, 5.74) is 0. The van der Waals surface area contributed by atoms with E-state index in [0.29, 0.717) is 12.1 Å². The van der Waals surface area contributed by atoms with E-state index in [1.807, 2.05) is 0 Å². The molecule has 1 rings (SSSR count). The minimum Gasteiger partial charge on any atom is -0.458 e. The molecule has 0 saturated heterocycles. The van der Waals surface area contributed by atoms with Gasteiger partial charge in [0.1, 0.15) is 0 Å². The predicted molar refractivity (Wildman–Crippen MR) is 52.9 cm³/mol. The zero-order chi connectivity index (χ0) is 9.14. The van der Waals surface area contributed by atoms with Crippen molar-refractivity contribution in [3.05, 3.63) is 7.05 Å². The summed E-state index contributed by atoms with van der Waals surface area (Å²) in [6, 6.07) is 1.37. The number of hydrogen-bond acceptors (Lipinski definition) is 2. The fraction of sp³-hybridized carbons (Fsp3) is 0.900. The van der Waals surface area contributed by atoms with Crippen molar-refractivity contribution in [1.82, 2.24) is 9.80 Å². The van der Waals surface area contributed by atoms with Crippen LogP contribution in [0, 0.1) is 7.05 Å². The van der Waals surface area contributed by atoms with E-state index in [4.69, 9.17) is 0 Å². The van der Waals surface area contributed by atoms with Crippen LogP contribution in [0.1, 0.15) is 25.7 Å². The van der Waals surface area contributed by atoms with E-state index in [-0.39, 0.29) is 18.9 Å². The first kappa shape index (κ1) is 13.5. The first-order chi connectivity index (χ1) is 5.63. The van der Waals surface area contributed by atoms with Crippen molar-refractivity contribution in [3.63, 3.8) is 0 Å². The van der Waals surface area contributed by atoms with Gasteiger partial charge in [-0.15, -0.1) is 0 Å². The molecule has 1 fully saturated rings. The third-order valence-electron chi connectivity index (χ3n) is 2.92. The van der Waals surface area contributed by atoms with Gasteiger partial charge in [0.15, 0.2) is 0 Å². The second kappa shape index (κ2) is 6.09. The Bertz CT molecular complexity index is 121. The van der Waals surface area contributed by atoms with Crippen LogP contribution in [0.4, 0.5) is 0 Å². The van der Waals surface area contributed by atoms with Crippen LogP contribution in [-0.2, 0) is 0 Å². The SMILES string of the molecule is [CH2-]N(C)[C@@H]1CCCC[C@H]1N(C)C.[Li+]. The Morgan fingerprint density at radius 2 is 1.46 bits per heavy atom. The maximum atomic E-state index is 4.00. The smallest absolute Gasteiger partial charge is 0.458 e. The molecule has 0 radical (unpaired) electrons. The second-order valence-corrected chi connectivity index (χ2v) is 4.14. The largest absolute Gasteiger partial charge is 1.00 e. The molecule has 13 heavy (non-hydrogen) atoms. The predicted octanol–water partition coefficient (Wildman–Crippen LogP) is -1.41. The summed E-state index contributed by atoms with van der Waals surface area (Å²) in [5, 5.41) is 0. The van der Waals surface area contributed by atoms with Crippen LogP contribution in [0.15, 0.2) is 0 Å². The number of nitrogens with zero attached hydrogens (tertiary/aromatic N) is 2. The van der Waals surface area contributed by atoms with Gasteiger partial charge < -0.3 is 9.80 Å². The molecule has 0 aromatic carbocycles. The van der Waals surface area contributed by atoms with Gasteiger partial charge in [-0.1, -0.05) is 12.8 Å². The van der Waals surface area contributed by atoms with Crippen molar-refractivity contribution in [1.29, 1.82) is 0 Å². The molecule has 0 aromatic rings. The molecule has 1 saturated carbocycles. The van der Waals surface area contributed by atoms with E-state index in [9.17, 15) is 0 Å². The topological polar surface area (TPSA) is 6.48 Å². The first-order valence-corrected chi connectivity index (χ1v) is 4.82. The van der Waals surface area contributed by atoms with Gasteiger partial charge in [0.05, 0.1) is 0 Å². The molecule has 72 valence electrons. The monoisotopic (exact) mass is 176 g/mol. The van der Waals surface area contributed by atoms with Gasteiger partial charge in [0.25, 0.3) is 0 Å². The standard InChI is InChI=1S/C10H21N2.Li/c1-11(2)9-7-5-6-8-10(9)12(3)4;/h9-10H,1,5-8H2,2-4H3;/q-1;+1/t9-,10-;/m1./s1. The summed E-state index contributed by atoms with van der Waals surface area (Å²) in [5.74, 6) is 0. The van der Waals surface area contributed by atoms with Gasteiger partial charge in [0.2, 0.25) is 0 Å². The van der Waals surface area contributed by atoms with Crippen LogP contribution >= 0.6 is 0 Å². The van der Waals surface area contributed by atoms with E-state index in [1.54, 1.807) is 0 Å². The maximum Gasteiger partial charge on any atom is 1.00 e. The minimum atomic E-state index is 0. The molecule has 2 atom stereocenters. The number of hydrogen-bond donors (Lipinski definition) is 0. The molecular formula is C10H21LiN2. The van der Waals surface area contributed by atoms with Crippen molar-refractivity contribution in [2.75, 3.05) is 21.1 Å². The molecule has 0 spiro atoms. The van der Waals surface area contributed by atoms with Crippen molar-refractivity contribution < 1.29 is 18.9 Å². The molecule has 2 nitrogen and oxygen atoms in total. The average Bonchev–Trinajstić information content (AvgIpc) is 2.04. The van der Waals surface area contributed by atoms with Crippen molar-refractivity contribution >= 4 is 0 Å². The molecule has 1 aliphatic rings. The molecule has 0 aromatic heterocycles. The minimum absolute atomic E-state index is 0. The van der Waals surface area contributed by atoms with Gasteiger partial charge in [-0.25, -0.2) is 0 Å². The number of likely N-dealkylation sites (N-methyl/N-ethyl adjacent to an activating group) is 2. The Kier molecular flexibility index (Phi) is 6.33. The van der Waals surface area contributed by atoms with Crippen LogP contribution in [0.2, 0.25) is 0 Å². The van der Waals surface area contributed by atoms with Crippen LogP contribution in [0.25, 0.3) is 0 Å². The first-order valence-electron chi connectivity index (χ1n) is 4.82. The van der Waals surface area contributed by atoms with Crippen LogP contribution < -0.4 is 18.9 Å². The summed E-state index contributed by atoms with van der Waals surface area (Å²) in [7, 11) is 10.4. The van der Waals surface area contributed by atoms with Gasteiger partial charge in [-0.2, -0.15) is 0 Å². The van der Waals surface area contributed by atoms with Gasteiger partial charge in [0, 0.05) is 6.04 Å². The molecule has 3 heteroatoms. The summed E-state index contributed by atoms with van der Waals surface area (Å²) >= 11 is 0. The quantitative estimate of drug-likeness (QED) is 0.377. The molecule has 1 aliphatic carbocycles. The molecule has 0 bridgehead atoms. The summed E-state index contributed by atoms with van der Waals surface area (Å²) in [6.45, 7) is 0.